The molecule has 0 aliphatic carbocycles. The van der Waals surface area contributed by atoms with Crippen LogP contribution in [-0.2, 0) is 9.53 Å². The van der Waals surface area contributed by atoms with Crippen molar-refractivity contribution in [3.8, 4) is 17.6 Å². The number of benzene rings is 2. The lowest BCUT2D eigenvalue weighted by Gasteiger charge is -2.07. The van der Waals surface area contributed by atoms with E-state index in [9.17, 15) is 14.9 Å². The van der Waals surface area contributed by atoms with Crippen molar-refractivity contribution in [3.63, 3.8) is 0 Å². The summed E-state index contributed by atoms with van der Waals surface area (Å²) in [4.78, 5) is 24.2. The van der Waals surface area contributed by atoms with Crippen LogP contribution >= 0.6 is 11.3 Å². The molecule has 6 nitrogen and oxygen atoms in total. The van der Waals surface area contributed by atoms with Gasteiger partial charge in [0, 0.05) is 0 Å². The van der Waals surface area contributed by atoms with Gasteiger partial charge >= 0.3 is 5.97 Å². The smallest absolute Gasteiger partial charge is 0.340 e. The van der Waals surface area contributed by atoms with Gasteiger partial charge in [-0.2, -0.15) is 5.26 Å². The number of hydrogen-bond acceptors (Lipinski definition) is 6. The van der Waals surface area contributed by atoms with Gasteiger partial charge in [0.05, 0.1) is 12.7 Å². The van der Waals surface area contributed by atoms with E-state index in [1.807, 2.05) is 36.4 Å². The maximum Gasteiger partial charge on any atom is 0.340 e. The molecule has 2 aromatic carbocycles. The van der Waals surface area contributed by atoms with Gasteiger partial charge in [-0.3, -0.25) is 4.79 Å². The number of esters is 1. The molecule has 0 spiro atoms. The first kappa shape index (κ1) is 19.9. The number of thiophene rings is 1. The van der Waals surface area contributed by atoms with E-state index in [2.05, 4.69) is 10.1 Å². The highest BCUT2D eigenvalue weighted by molar-refractivity contribution is 7.14. The van der Waals surface area contributed by atoms with Crippen molar-refractivity contribution in [2.24, 2.45) is 0 Å². The summed E-state index contributed by atoms with van der Waals surface area (Å²) >= 11 is 1.17. The predicted octanol–water partition coefficient (Wildman–Crippen LogP) is 4.87. The van der Waals surface area contributed by atoms with Gasteiger partial charge in [0.2, 0.25) is 0 Å². The standard InChI is InChI=1S/C22H16N2O4S/c1-27-22(26)19-10-11-29-21(19)24-20(25)16(14-23)12-15-6-5-9-18(13-15)28-17-7-3-2-4-8-17/h2-13H,1H3,(H,24,25)/b16-12+. The van der Waals surface area contributed by atoms with Gasteiger partial charge in [0.15, 0.2) is 0 Å². The van der Waals surface area contributed by atoms with Crippen molar-refractivity contribution >= 4 is 34.3 Å². The average molecular weight is 404 g/mol. The highest BCUT2D eigenvalue weighted by Crippen LogP contribution is 2.25. The number of nitriles is 1. The van der Waals surface area contributed by atoms with Gasteiger partial charge in [-0.05, 0) is 47.4 Å². The fourth-order valence-electron chi connectivity index (χ4n) is 2.45. The second kappa shape index (κ2) is 9.35. The first-order valence-electron chi connectivity index (χ1n) is 8.52. The van der Waals surface area contributed by atoms with Crippen LogP contribution in [0, 0.1) is 11.3 Å². The number of rotatable bonds is 6. The maximum atomic E-state index is 12.5. The highest BCUT2D eigenvalue weighted by atomic mass is 32.1. The minimum Gasteiger partial charge on any atom is -0.465 e. The Bertz CT molecular complexity index is 1100. The molecule has 3 aromatic rings. The van der Waals surface area contributed by atoms with Gasteiger partial charge in [0.25, 0.3) is 5.91 Å². The minimum absolute atomic E-state index is 0.105. The number of carbonyl (C=O) groups is 2. The molecular weight excluding hydrogens is 388 g/mol. The Balaban J connectivity index is 1.78. The van der Waals surface area contributed by atoms with Gasteiger partial charge in [-0.25, -0.2) is 4.79 Å². The van der Waals surface area contributed by atoms with E-state index < -0.39 is 11.9 Å². The van der Waals surface area contributed by atoms with E-state index in [1.165, 1.54) is 24.5 Å². The molecule has 0 atom stereocenters. The second-order valence-corrected chi connectivity index (χ2v) is 6.68. The van der Waals surface area contributed by atoms with E-state index >= 15 is 0 Å². The van der Waals surface area contributed by atoms with Gasteiger partial charge in [-0.15, -0.1) is 11.3 Å². The predicted molar refractivity (Wildman–Crippen MR) is 111 cm³/mol. The van der Waals surface area contributed by atoms with Crippen LogP contribution in [0.4, 0.5) is 5.00 Å². The quantitative estimate of drug-likeness (QED) is 0.360. The zero-order chi connectivity index (χ0) is 20.6. The first-order chi connectivity index (χ1) is 14.1. The second-order valence-electron chi connectivity index (χ2n) is 5.77. The van der Waals surface area contributed by atoms with Crippen molar-refractivity contribution < 1.29 is 19.1 Å². The lowest BCUT2D eigenvalue weighted by atomic mass is 10.1. The normalized spacial score (nSPS) is 10.7. The molecule has 0 bridgehead atoms. The molecule has 0 radical (unpaired) electrons. The molecule has 3 rings (SSSR count). The summed E-state index contributed by atoms with van der Waals surface area (Å²) in [7, 11) is 1.26. The summed E-state index contributed by atoms with van der Waals surface area (Å²) < 4.78 is 10.5. The number of anilines is 1. The Hall–Kier alpha value is -3.89. The molecule has 1 amide bonds. The summed E-state index contributed by atoms with van der Waals surface area (Å²) in [5.74, 6) is 0.0816. The summed E-state index contributed by atoms with van der Waals surface area (Å²) in [5.41, 5.74) is 0.761. The molecule has 29 heavy (non-hydrogen) atoms. The Kier molecular flexibility index (Phi) is 6.40. The molecule has 0 aliphatic rings. The monoisotopic (exact) mass is 404 g/mol. The minimum atomic E-state index is -0.616. The molecule has 0 aliphatic heterocycles. The zero-order valence-electron chi connectivity index (χ0n) is 15.4. The largest absolute Gasteiger partial charge is 0.465 e. The van der Waals surface area contributed by atoms with E-state index in [0.29, 0.717) is 22.1 Å². The molecule has 0 unspecified atom stereocenters. The number of ether oxygens (including phenoxy) is 2. The topological polar surface area (TPSA) is 88.4 Å². The highest BCUT2D eigenvalue weighted by Gasteiger charge is 2.17. The number of carbonyl (C=O) groups excluding carboxylic acids is 2. The average Bonchev–Trinajstić information content (AvgIpc) is 3.20. The molecule has 0 saturated carbocycles. The van der Waals surface area contributed by atoms with E-state index in [-0.39, 0.29) is 11.1 Å². The molecule has 0 fully saturated rings. The third kappa shape index (κ3) is 5.09. The molecular formula is C22H16N2O4S. The van der Waals surface area contributed by atoms with Crippen LogP contribution in [0.2, 0.25) is 0 Å². The van der Waals surface area contributed by atoms with Gasteiger partial charge in [0.1, 0.15) is 28.1 Å². The van der Waals surface area contributed by atoms with Gasteiger partial charge < -0.3 is 14.8 Å². The number of nitrogens with zero attached hydrogens (tertiary/aromatic N) is 1. The maximum absolute atomic E-state index is 12.5. The summed E-state index contributed by atoms with van der Waals surface area (Å²) in [6.07, 6.45) is 1.46. The van der Waals surface area contributed by atoms with Crippen molar-refractivity contribution in [2.45, 2.75) is 0 Å². The number of para-hydroxylation sites is 1. The molecule has 144 valence electrons. The fraction of sp³-hybridized carbons (Fsp3) is 0.0455. The molecule has 7 heteroatoms. The number of amides is 1. The van der Waals surface area contributed by atoms with Crippen LogP contribution < -0.4 is 10.1 Å². The number of hydrogen-bond donors (Lipinski definition) is 1. The van der Waals surface area contributed by atoms with Crippen LogP contribution in [0.1, 0.15) is 15.9 Å². The third-order valence-corrected chi connectivity index (χ3v) is 4.64. The van der Waals surface area contributed by atoms with Gasteiger partial charge in [-0.1, -0.05) is 30.3 Å². The summed E-state index contributed by atoms with van der Waals surface area (Å²) in [5, 5.41) is 14.0. The molecule has 1 aromatic heterocycles. The van der Waals surface area contributed by atoms with E-state index in [0.717, 1.165) is 0 Å². The van der Waals surface area contributed by atoms with Crippen molar-refractivity contribution in [1.29, 1.82) is 5.26 Å². The van der Waals surface area contributed by atoms with E-state index in [1.54, 1.807) is 35.7 Å². The summed E-state index contributed by atoms with van der Waals surface area (Å²) in [6.45, 7) is 0. The molecule has 1 N–H and O–H groups in total. The first-order valence-corrected chi connectivity index (χ1v) is 9.40. The number of nitrogens with one attached hydrogen (secondary N) is 1. The number of methoxy groups -OCH3 is 1. The Morgan fingerprint density at radius 3 is 2.55 bits per heavy atom. The summed E-state index contributed by atoms with van der Waals surface area (Å²) in [6, 6.07) is 19.8. The molecule has 1 heterocycles. The SMILES string of the molecule is COC(=O)c1ccsc1NC(=O)/C(C#N)=C/c1cccc(Oc2ccccc2)c1. The van der Waals surface area contributed by atoms with Crippen LogP contribution in [-0.4, -0.2) is 19.0 Å². The third-order valence-electron chi connectivity index (χ3n) is 3.81. The lowest BCUT2D eigenvalue weighted by Crippen LogP contribution is -2.15. The lowest BCUT2D eigenvalue weighted by molar-refractivity contribution is -0.112. The van der Waals surface area contributed by atoms with Crippen LogP contribution in [0.15, 0.2) is 71.6 Å². The van der Waals surface area contributed by atoms with E-state index in [4.69, 9.17) is 4.74 Å². The fourth-order valence-corrected chi connectivity index (χ4v) is 3.23. The Morgan fingerprint density at radius 1 is 1.07 bits per heavy atom. The molecule has 0 saturated heterocycles. The van der Waals surface area contributed by atoms with Crippen molar-refractivity contribution in [3.05, 3.63) is 82.7 Å². The zero-order valence-corrected chi connectivity index (χ0v) is 16.2. The van der Waals surface area contributed by atoms with Crippen LogP contribution in [0.5, 0.6) is 11.5 Å². The van der Waals surface area contributed by atoms with Crippen molar-refractivity contribution in [1.82, 2.24) is 0 Å². The Morgan fingerprint density at radius 2 is 1.83 bits per heavy atom. The van der Waals surface area contributed by atoms with Crippen molar-refractivity contribution in [2.75, 3.05) is 12.4 Å². The van der Waals surface area contributed by atoms with Crippen LogP contribution in [0.3, 0.4) is 0 Å². The Labute approximate surface area is 171 Å². The van der Waals surface area contributed by atoms with Crippen LogP contribution in [0.25, 0.3) is 6.08 Å².